The van der Waals surface area contributed by atoms with E-state index in [1.165, 1.54) is 34.9 Å². The number of halogens is 1. The van der Waals surface area contributed by atoms with E-state index >= 15 is 0 Å². The number of benzene rings is 2. The molecule has 1 aliphatic heterocycles. The van der Waals surface area contributed by atoms with E-state index in [0.29, 0.717) is 23.8 Å². The Morgan fingerprint density at radius 1 is 1.18 bits per heavy atom. The van der Waals surface area contributed by atoms with Crippen LogP contribution in [-0.4, -0.2) is 45.4 Å². The van der Waals surface area contributed by atoms with E-state index in [0.717, 1.165) is 0 Å². The van der Waals surface area contributed by atoms with Crippen molar-refractivity contribution in [1.82, 2.24) is 4.90 Å². The van der Waals surface area contributed by atoms with Crippen molar-refractivity contribution >= 4 is 40.1 Å². The van der Waals surface area contributed by atoms with Crippen LogP contribution >= 0.6 is 11.8 Å². The van der Waals surface area contributed by atoms with Crippen molar-refractivity contribution in [3.8, 4) is 0 Å². The second kappa shape index (κ2) is 9.48. The number of hydrogen-bond donors (Lipinski definition) is 2. The summed E-state index contributed by atoms with van der Waals surface area (Å²) in [4.78, 5) is 31.1. The number of thioether (sulfide) groups is 1. The van der Waals surface area contributed by atoms with Crippen molar-refractivity contribution in [3.05, 3.63) is 60.4 Å². The first-order valence-electron chi connectivity index (χ1n) is 8.85. The van der Waals surface area contributed by atoms with E-state index in [4.69, 9.17) is 5.11 Å². The van der Waals surface area contributed by atoms with Crippen molar-refractivity contribution in [2.24, 2.45) is 4.99 Å². The van der Waals surface area contributed by atoms with Crippen molar-refractivity contribution < 1.29 is 19.1 Å². The van der Waals surface area contributed by atoms with Gasteiger partial charge in [0.2, 0.25) is 11.8 Å². The topological polar surface area (TPSA) is 82.0 Å². The Morgan fingerprint density at radius 3 is 2.61 bits per heavy atom. The zero-order valence-corrected chi connectivity index (χ0v) is 15.9. The Kier molecular flexibility index (Phi) is 6.78. The van der Waals surface area contributed by atoms with Gasteiger partial charge in [0.05, 0.1) is 11.4 Å². The number of anilines is 1. The third kappa shape index (κ3) is 4.96. The van der Waals surface area contributed by atoms with Crippen LogP contribution in [0.3, 0.4) is 0 Å². The number of aliphatic hydroxyl groups is 1. The van der Waals surface area contributed by atoms with E-state index in [2.05, 4.69) is 10.3 Å². The standard InChI is InChI=1S/C20H20FN3O3S/c21-15-9-4-5-10-16(15)23-18(26)13-17-19(27)24(11-6-12-25)20(28-17)22-14-7-2-1-3-8-14/h1-5,7-10,17,25H,6,11-13H2,(H,23,26)/t17-/m0/s1. The molecule has 2 aromatic carbocycles. The molecule has 6 nitrogen and oxygen atoms in total. The Labute approximate surface area is 166 Å². The predicted octanol–water partition coefficient (Wildman–Crippen LogP) is 3.17. The second-order valence-corrected chi connectivity index (χ2v) is 7.31. The average molecular weight is 401 g/mol. The first-order chi connectivity index (χ1) is 13.6. The molecule has 0 aliphatic carbocycles. The fourth-order valence-electron chi connectivity index (χ4n) is 2.70. The normalized spacial score (nSPS) is 17.9. The van der Waals surface area contributed by atoms with E-state index in [9.17, 15) is 14.0 Å². The Bertz CT molecular complexity index is 876. The van der Waals surface area contributed by atoms with Gasteiger partial charge in [0, 0.05) is 19.6 Å². The molecule has 0 saturated carbocycles. The summed E-state index contributed by atoms with van der Waals surface area (Å²) in [5.41, 5.74) is 0.779. The van der Waals surface area contributed by atoms with Gasteiger partial charge in [-0.1, -0.05) is 42.1 Å². The third-order valence-corrected chi connectivity index (χ3v) is 5.23. The highest BCUT2D eigenvalue weighted by atomic mass is 32.2. The molecule has 0 radical (unpaired) electrons. The molecule has 0 spiro atoms. The highest BCUT2D eigenvalue weighted by molar-refractivity contribution is 8.15. The SMILES string of the molecule is O=C(C[C@@H]1SC(=Nc2ccccc2)N(CCCO)C1=O)Nc1ccccc1F. The molecule has 1 atom stereocenters. The number of aliphatic imine (C=N–C) groups is 1. The van der Waals surface area contributed by atoms with E-state index in [1.807, 2.05) is 30.3 Å². The van der Waals surface area contributed by atoms with Gasteiger partial charge in [0.1, 0.15) is 11.1 Å². The van der Waals surface area contributed by atoms with Gasteiger partial charge in [-0.05, 0) is 30.7 Å². The van der Waals surface area contributed by atoms with Crippen molar-refractivity contribution in [3.63, 3.8) is 0 Å². The van der Waals surface area contributed by atoms with Crippen LogP contribution in [0.2, 0.25) is 0 Å². The van der Waals surface area contributed by atoms with Gasteiger partial charge in [-0.15, -0.1) is 0 Å². The highest BCUT2D eigenvalue weighted by Gasteiger charge is 2.38. The maximum atomic E-state index is 13.7. The van der Waals surface area contributed by atoms with Crippen LogP contribution in [0.1, 0.15) is 12.8 Å². The molecule has 0 unspecified atom stereocenters. The number of hydrogen-bond acceptors (Lipinski definition) is 5. The van der Waals surface area contributed by atoms with Crippen molar-refractivity contribution in [2.75, 3.05) is 18.5 Å². The van der Waals surface area contributed by atoms with Crippen LogP contribution in [0, 0.1) is 5.82 Å². The van der Waals surface area contributed by atoms with E-state index in [1.54, 1.807) is 6.07 Å². The number of para-hydroxylation sites is 2. The number of amidine groups is 1. The lowest BCUT2D eigenvalue weighted by Crippen LogP contribution is -2.34. The fourth-order valence-corrected chi connectivity index (χ4v) is 3.89. The average Bonchev–Trinajstić information content (AvgIpc) is 2.97. The number of rotatable bonds is 7. The molecule has 8 heteroatoms. The lowest BCUT2D eigenvalue weighted by atomic mass is 10.2. The molecule has 0 bridgehead atoms. The Balaban J connectivity index is 1.73. The van der Waals surface area contributed by atoms with Gasteiger partial charge in [-0.2, -0.15) is 0 Å². The van der Waals surface area contributed by atoms with Crippen molar-refractivity contribution in [2.45, 2.75) is 18.1 Å². The van der Waals surface area contributed by atoms with Gasteiger partial charge in [0.15, 0.2) is 5.17 Å². The minimum absolute atomic E-state index is 0.0501. The summed E-state index contributed by atoms with van der Waals surface area (Å²) >= 11 is 1.21. The molecule has 2 amide bonds. The monoisotopic (exact) mass is 401 g/mol. The maximum Gasteiger partial charge on any atom is 0.242 e. The lowest BCUT2D eigenvalue weighted by Gasteiger charge is -2.15. The molecule has 1 aliphatic rings. The molecule has 1 fully saturated rings. The number of carbonyl (C=O) groups is 2. The number of nitrogens with zero attached hydrogens (tertiary/aromatic N) is 2. The van der Waals surface area contributed by atoms with E-state index in [-0.39, 0.29) is 24.6 Å². The van der Waals surface area contributed by atoms with Gasteiger partial charge in [-0.3, -0.25) is 14.5 Å². The largest absolute Gasteiger partial charge is 0.396 e. The van der Waals surface area contributed by atoms with Crippen LogP contribution in [0.15, 0.2) is 59.6 Å². The van der Waals surface area contributed by atoms with Gasteiger partial charge in [-0.25, -0.2) is 9.38 Å². The summed E-state index contributed by atoms with van der Waals surface area (Å²) in [6, 6.07) is 15.1. The summed E-state index contributed by atoms with van der Waals surface area (Å²) < 4.78 is 13.7. The fraction of sp³-hybridized carbons (Fsp3) is 0.250. The van der Waals surface area contributed by atoms with Crippen LogP contribution in [-0.2, 0) is 9.59 Å². The van der Waals surface area contributed by atoms with Gasteiger partial charge in [0.25, 0.3) is 0 Å². The lowest BCUT2D eigenvalue weighted by molar-refractivity contribution is -0.128. The van der Waals surface area contributed by atoms with Gasteiger partial charge >= 0.3 is 0 Å². The molecule has 28 heavy (non-hydrogen) atoms. The predicted molar refractivity (Wildman–Crippen MR) is 108 cm³/mol. The summed E-state index contributed by atoms with van der Waals surface area (Å²) in [5.74, 6) is -1.21. The summed E-state index contributed by atoms with van der Waals surface area (Å²) in [6.45, 7) is 0.269. The highest BCUT2D eigenvalue weighted by Crippen LogP contribution is 2.32. The summed E-state index contributed by atoms with van der Waals surface area (Å²) in [6.07, 6.45) is 0.315. The zero-order valence-electron chi connectivity index (χ0n) is 15.0. The summed E-state index contributed by atoms with van der Waals surface area (Å²) in [7, 11) is 0. The second-order valence-electron chi connectivity index (χ2n) is 6.14. The zero-order chi connectivity index (χ0) is 19.9. The van der Waals surface area contributed by atoms with Crippen LogP contribution in [0.5, 0.6) is 0 Å². The molecular weight excluding hydrogens is 381 g/mol. The quantitative estimate of drug-likeness (QED) is 0.747. The molecule has 146 valence electrons. The molecule has 0 aromatic heterocycles. The smallest absolute Gasteiger partial charge is 0.242 e. The Hall–Kier alpha value is -2.71. The molecule has 2 N–H and O–H groups in total. The molecule has 1 heterocycles. The van der Waals surface area contributed by atoms with Gasteiger partial charge < -0.3 is 10.4 Å². The van der Waals surface area contributed by atoms with E-state index < -0.39 is 17.0 Å². The Morgan fingerprint density at radius 2 is 1.89 bits per heavy atom. The number of carbonyl (C=O) groups excluding carboxylic acids is 2. The van der Waals surface area contributed by atoms with Crippen LogP contribution < -0.4 is 5.32 Å². The third-order valence-electron chi connectivity index (χ3n) is 4.06. The first-order valence-corrected chi connectivity index (χ1v) is 9.73. The van der Waals surface area contributed by atoms with Crippen molar-refractivity contribution in [1.29, 1.82) is 0 Å². The molecule has 2 aromatic rings. The number of aliphatic hydroxyl groups excluding tert-OH is 1. The maximum absolute atomic E-state index is 13.7. The molecule has 1 saturated heterocycles. The number of nitrogens with one attached hydrogen (secondary N) is 1. The molecular formula is C20H20FN3O3S. The van der Waals surface area contributed by atoms with Crippen LogP contribution in [0.4, 0.5) is 15.8 Å². The summed E-state index contributed by atoms with van der Waals surface area (Å²) in [5, 5.41) is 11.5. The number of amides is 2. The minimum Gasteiger partial charge on any atom is -0.396 e. The molecule has 3 rings (SSSR count). The minimum atomic E-state index is -0.645. The van der Waals surface area contributed by atoms with Crippen LogP contribution in [0.25, 0.3) is 0 Å². The first kappa shape index (κ1) is 20.0.